The molecule has 0 atom stereocenters. The molecule has 1 saturated heterocycles. The third-order valence-corrected chi connectivity index (χ3v) is 5.24. The van der Waals surface area contributed by atoms with Gasteiger partial charge in [-0.3, -0.25) is 4.79 Å². The van der Waals surface area contributed by atoms with Crippen LogP contribution in [-0.2, 0) is 11.3 Å². The summed E-state index contributed by atoms with van der Waals surface area (Å²) in [6.45, 7) is 2.83. The molecular weight excluding hydrogens is 397 g/mol. The van der Waals surface area contributed by atoms with Gasteiger partial charge in [0.2, 0.25) is 0 Å². The van der Waals surface area contributed by atoms with Crippen molar-refractivity contribution in [2.24, 2.45) is 0 Å². The summed E-state index contributed by atoms with van der Waals surface area (Å²) in [4.78, 5) is 21.3. The van der Waals surface area contributed by atoms with E-state index in [1.807, 2.05) is 0 Å². The highest BCUT2D eigenvalue weighted by Crippen LogP contribution is 2.26. The van der Waals surface area contributed by atoms with Crippen LogP contribution in [0.5, 0.6) is 0 Å². The van der Waals surface area contributed by atoms with E-state index in [0.29, 0.717) is 35.8 Å². The van der Waals surface area contributed by atoms with Crippen molar-refractivity contribution in [2.75, 3.05) is 18.5 Å². The van der Waals surface area contributed by atoms with Crippen molar-refractivity contribution in [3.8, 4) is 0 Å². The number of aromatic nitrogens is 3. The molecule has 158 valence electrons. The fourth-order valence-corrected chi connectivity index (χ4v) is 3.70. The van der Waals surface area contributed by atoms with Crippen molar-refractivity contribution in [3.05, 3.63) is 63.6 Å². The molecule has 4 rings (SSSR count). The largest absolute Gasteiger partial charge is 0.381 e. The molecule has 3 heterocycles. The number of alkyl halides is 2. The summed E-state index contributed by atoms with van der Waals surface area (Å²) in [7, 11) is 0. The molecule has 0 aliphatic carbocycles. The van der Waals surface area contributed by atoms with Crippen molar-refractivity contribution in [3.63, 3.8) is 0 Å². The van der Waals surface area contributed by atoms with Crippen LogP contribution in [0.3, 0.4) is 0 Å². The number of aryl methyl sites for hydroxylation is 1. The number of benzene rings is 1. The highest BCUT2D eigenvalue weighted by molar-refractivity contribution is 5.88. The maximum absolute atomic E-state index is 14.4. The van der Waals surface area contributed by atoms with Crippen LogP contribution in [0, 0.1) is 12.7 Å². The van der Waals surface area contributed by atoms with E-state index in [2.05, 4.69) is 15.3 Å². The number of pyridine rings is 1. The quantitative estimate of drug-likeness (QED) is 0.675. The zero-order chi connectivity index (χ0) is 21.3. The average molecular weight is 418 g/mol. The Bertz CT molecular complexity index is 1130. The minimum absolute atomic E-state index is 0.0185. The van der Waals surface area contributed by atoms with Crippen LogP contribution in [-0.4, -0.2) is 27.7 Å². The second kappa shape index (κ2) is 8.43. The molecule has 1 fully saturated rings. The summed E-state index contributed by atoms with van der Waals surface area (Å²) in [6, 6.07) is 5.39. The minimum atomic E-state index is -2.89. The predicted molar refractivity (Wildman–Crippen MR) is 106 cm³/mol. The van der Waals surface area contributed by atoms with Crippen molar-refractivity contribution < 1.29 is 17.9 Å². The van der Waals surface area contributed by atoms with E-state index in [4.69, 9.17) is 4.74 Å². The van der Waals surface area contributed by atoms with Gasteiger partial charge in [0.05, 0.1) is 16.5 Å². The molecule has 0 unspecified atom stereocenters. The van der Waals surface area contributed by atoms with Gasteiger partial charge in [-0.05, 0) is 19.8 Å². The van der Waals surface area contributed by atoms with Gasteiger partial charge in [0.15, 0.2) is 0 Å². The van der Waals surface area contributed by atoms with Gasteiger partial charge in [-0.15, -0.1) is 0 Å². The van der Waals surface area contributed by atoms with Gasteiger partial charge in [0, 0.05) is 43.6 Å². The first-order chi connectivity index (χ1) is 14.4. The molecule has 1 aromatic carbocycles. The van der Waals surface area contributed by atoms with Crippen LogP contribution < -0.4 is 10.9 Å². The molecule has 1 aliphatic rings. The molecule has 0 radical (unpaired) electrons. The first-order valence-corrected chi connectivity index (χ1v) is 9.71. The minimum Gasteiger partial charge on any atom is -0.381 e. The Morgan fingerprint density at radius 3 is 2.77 bits per heavy atom. The van der Waals surface area contributed by atoms with Gasteiger partial charge in [-0.1, -0.05) is 18.2 Å². The number of hydrogen-bond donors (Lipinski definition) is 1. The second-order valence-electron chi connectivity index (χ2n) is 7.26. The molecule has 0 spiro atoms. The van der Waals surface area contributed by atoms with E-state index in [1.54, 1.807) is 17.7 Å². The number of anilines is 1. The molecule has 1 N–H and O–H groups in total. The molecule has 30 heavy (non-hydrogen) atoms. The Kier molecular flexibility index (Phi) is 5.72. The van der Waals surface area contributed by atoms with Crippen LogP contribution in [0.25, 0.3) is 10.9 Å². The lowest BCUT2D eigenvalue weighted by Crippen LogP contribution is -2.28. The normalized spacial score (nSPS) is 15.1. The van der Waals surface area contributed by atoms with Crippen molar-refractivity contribution in [2.45, 2.75) is 38.8 Å². The Hall–Kier alpha value is -2.94. The van der Waals surface area contributed by atoms with E-state index in [-0.39, 0.29) is 23.7 Å². The SMILES string of the molecule is Cc1nc(NCc2cccc(C(F)F)c2F)c2cn(C3CCOCC3)c(=O)cc2n1. The number of nitrogens with zero attached hydrogens (tertiary/aromatic N) is 3. The summed E-state index contributed by atoms with van der Waals surface area (Å²) >= 11 is 0. The molecule has 1 aliphatic heterocycles. The monoisotopic (exact) mass is 418 g/mol. The summed E-state index contributed by atoms with van der Waals surface area (Å²) in [6.07, 6.45) is 0.279. The highest BCUT2D eigenvalue weighted by atomic mass is 19.3. The number of halogens is 3. The first-order valence-electron chi connectivity index (χ1n) is 9.71. The summed E-state index contributed by atoms with van der Waals surface area (Å²) in [5.41, 5.74) is -0.212. The van der Waals surface area contributed by atoms with Gasteiger partial charge in [-0.25, -0.2) is 23.1 Å². The summed E-state index contributed by atoms with van der Waals surface area (Å²) in [5, 5.41) is 3.63. The average Bonchev–Trinajstić information content (AvgIpc) is 2.72. The van der Waals surface area contributed by atoms with E-state index in [9.17, 15) is 18.0 Å². The number of ether oxygens (including phenoxy) is 1. The third kappa shape index (κ3) is 4.02. The standard InChI is InChI=1S/C21H21F3N4O2/c1-12-26-17-9-18(29)28(14-5-7-30-8-6-14)11-16(17)21(27-12)25-10-13-3-2-4-15(19(13)22)20(23)24/h2-4,9,11,14,20H,5-8,10H2,1H3,(H,25,26,27). The third-order valence-electron chi connectivity index (χ3n) is 5.24. The predicted octanol–water partition coefficient (Wildman–Crippen LogP) is 4.14. The van der Waals surface area contributed by atoms with Gasteiger partial charge < -0.3 is 14.6 Å². The molecule has 2 aromatic heterocycles. The van der Waals surface area contributed by atoms with Gasteiger partial charge in [-0.2, -0.15) is 0 Å². The highest BCUT2D eigenvalue weighted by Gasteiger charge is 2.19. The number of hydrogen-bond acceptors (Lipinski definition) is 5. The van der Waals surface area contributed by atoms with Crippen LogP contribution in [0.4, 0.5) is 19.0 Å². The number of fused-ring (bicyclic) bond motifs is 1. The van der Waals surface area contributed by atoms with E-state index >= 15 is 0 Å². The lowest BCUT2D eigenvalue weighted by molar-refractivity contribution is 0.0688. The zero-order valence-corrected chi connectivity index (χ0v) is 16.4. The zero-order valence-electron chi connectivity index (χ0n) is 16.4. The van der Waals surface area contributed by atoms with Crippen LogP contribution >= 0.6 is 0 Å². The van der Waals surface area contributed by atoms with Crippen LogP contribution in [0.2, 0.25) is 0 Å². The second-order valence-corrected chi connectivity index (χ2v) is 7.26. The Morgan fingerprint density at radius 2 is 2.03 bits per heavy atom. The molecule has 9 heteroatoms. The molecule has 0 saturated carbocycles. The lowest BCUT2D eigenvalue weighted by atomic mass is 10.1. The van der Waals surface area contributed by atoms with Gasteiger partial charge in [0.1, 0.15) is 17.5 Å². The van der Waals surface area contributed by atoms with Crippen LogP contribution in [0.1, 0.15) is 42.3 Å². The summed E-state index contributed by atoms with van der Waals surface area (Å²) in [5.74, 6) is -0.0793. The summed E-state index contributed by atoms with van der Waals surface area (Å²) < 4.78 is 47.3. The maximum Gasteiger partial charge on any atom is 0.266 e. The Labute approximate surface area is 170 Å². The van der Waals surface area contributed by atoms with Gasteiger partial charge in [0.25, 0.3) is 12.0 Å². The van der Waals surface area contributed by atoms with E-state index in [0.717, 1.165) is 18.9 Å². The topological polar surface area (TPSA) is 69.0 Å². The van der Waals surface area contributed by atoms with Gasteiger partial charge >= 0.3 is 0 Å². The van der Waals surface area contributed by atoms with E-state index < -0.39 is 17.8 Å². The molecule has 6 nitrogen and oxygen atoms in total. The molecule has 0 bridgehead atoms. The Balaban J connectivity index is 1.70. The van der Waals surface area contributed by atoms with E-state index in [1.165, 1.54) is 18.2 Å². The maximum atomic E-state index is 14.4. The number of rotatable bonds is 5. The van der Waals surface area contributed by atoms with Crippen molar-refractivity contribution in [1.82, 2.24) is 14.5 Å². The molecular formula is C21H21F3N4O2. The fraction of sp³-hybridized carbons (Fsp3) is 0.381. The molecule has 3 aromatic rings. The van der Waals surface area contributed by atoms with Crippen molar-refractivity contribution in [1.29, 1.82) is 0 Å². The van der Waals surface area contributed by atoms with Crippen LogP contribution in [0.15, 0.2) is 35.3 Å². The first kappa shape index (κ1) is 20.3. The lowest BCUT2D eigenvalue weighted by Gasteiger charge is -2.24. The fourth-order valence-electron chi connectivity index (χ4n) is 3.70. The van der Waals surface area contributed by atoms with Crippen molar-refractivity contribution >= 4 is 16.7 Å². The number of nitrogens with one attached hydrogen (secondary N) is 1. The molecule has 0 amide bonds. The Morgan fingerprint density at radius 1 is 1.27 bits per heavy atom. The smallest absolute Gasteiger partial charge is 0.266 e.